The summed E-state index contributed by atoms with van der Waals surface area (Å²) in [6.07, 6.45) is 0.581. The van der Waals surface area contributed by atoms with E-state index in [1.54, 1.807) is 72.8 Å². The van der Waals surface area contributed by atoms with Crippen molar-refractivity contribution in [2.75, 3.05) is 0 Å². The van der Waals surface area contributed by atoms with Gasteiger partial charge in [0, 0.05) is 22.5 Å². The fourth-order valence-electron chi connectivity index (χ4n) is 7.71. The van der Waals surface area contributed by atoms with Crippen LogP contribution in [0.4, 0.5) is 0 Å². The van der Waals surface area contributed by atoms with Gasteiger partial charge in [-0.1, -0.05) is 83.1 Å². The monoisotopic (exact) mass is 902 g/mol. The van der Waals surface area contributed by atoms with E-state index < -0.39 is 28.4 Å². The molecule has 0 aliphatic heterocycles. The van der Waals surface area contributed by atoms with Crippen LogP contribution in [0.25, 0.3) is 0 Å². The Kier molecular flexibility index (Phi) is 14.9. The Labute approximate surface area is 395 Å². The number of rotatable bonds is 17. The molecular formula is C58H62O9. The zero-order chi connectivity index (χ0) is 48.8. The van der Waals surface area contributed by atoms with E-state index in [1.165, 1.54) is 0 Å². The van der Waals surface area contributed by atoms with E-state index in [0.717, 1.165) is 28.0 Å². The molecule has 0 saturated heterocycles. The van der Waals surface area contributed by atoms with Crippen LogP contribution >= 0.6 is 0 Å². The lowest BCUT2D eigenvalue weighted by atomic mass is 9.68. The maximum absolute atomic E-state index is 14.3. The molecule has 0 aromatic heterocycles. The SMILES string of the molecule is CCC(C)(C(=O)c1ccc(C(=O)Oc2ccc(Oc3ccc(OC(C)C)cc3)cc2)cc1)C(C)(C)Oc1ccc(C(C)c2ccc(OC(=O)c3ccc(C(=O)C(C)(C)C)cc3)c(C)c2)cc1C. The molecule has 0 amide bonds. The molecule has 9 nitrogen and oxygen atoms in total. The summed E-state index contributed by atoms with van der Waals surface area (Å²) in [7, 11) is 0. The third-order valence-corrected chi connectivity index (χ3v) is 12.4. The van der Waals surface area contributed by atoms with E-state index in [4.69, 9.17) is 23.7 Å². The first-order valence-electron chi connectivity index (χ1n) is 22.8. The number of hydrogen-bond acceptors (Lipinski definition) is 9. The zero-order valence-electron chi connectivity index (χ0n) is 40.7. The Morgan fingerprint density at radius 2 is 0.910 bits per heavy atom. The van der Waals surface area contributed by atoms with Crippen LogP contribution in [0.1, 0.15) is 145 Å². The number of ether oxygens (including phenoxy) is 5. The van der Waals surface area contributed by atoms with Gasteiger partial charge in [0.15, 0.2) is 11.6 Å². The molecule has 6 rings (SSSR count). The van der Waals surface area contributed by atoms with E-state index in [9.17, 15) is 19.2 Å². The second kappa shape index (κ2) is 20.3. The molecule has 0 fully saturated rings. The van der Waals surface area contributed by atoms with Crippen LogP contribution in [0.2, 0.25) is 0 Å². The highest BCUT2D eigenvalue weighted by atomic mass is 16.5. The molecule has 0 bridgehead atoms. The molecular weight excluding hydrogens is 841 g/mol. The van der Waals surface area contributed by atoms with E-state index in [1.807, 2.05) is 131 Å². The minimum atomic E-state index is -0.932. The predicted octanol–water partition coefficient (Wildman–Crippen LogP) is 14.2. The Hall–Kier alpha value is -7.00. The van der Waals surface area contributed by atoms with Crippen molar-refractivity contribution >= 4 is 23.5 Å². The lowest BCUT2D eigenvalue weighted by Crippen LogP contribution is -2.51. The molecule has 2 atom stereocenters. The summed E-state index contributed by atoms with van der Waals surface area (Å²) in [5, 5.41) is 0. The predicted molar refractivity (Wildman–Crippen MR) is 263 cm³/mol. The van der Waals surface area contributed by atoms with Crippen molar-refractivity contribution in [2.24, 2.45) is 10.8 Å². The molecule has 0 aliphatic rings. The van der Waals surface area contributed by atoms with Crippen LogP contribution in [0.3, 0.4) is 0 Å². The molecule has 6 aromatic rings. The summed E-state index contributed by atoms with van der Waals surface area (Å²) in [6.45, 7) is 23.3. The van der Waals surface area contributed by atoms with E-state index in [-0.39, 0.29) is 23.6 Å². The topological polar surface area (TPSA) is 114 Å². The van der Waals surface area contributed by atoms with Crippen LogP contribution in [0.5, 0.6) is 34.5 Å². The molecule has 0 spiro atoms. The highest BCUT2D eigenvalue weighted by Crippen LogP contribution is 2.42. The summed E-state index contributed by atoms with van der Waals surface area (Å²) in [4.78, 5) is 53.1. The highest BCUT2D eigenvalue weighted by Gasteiger charge is 2.48. The van der Waals surface area contributed by atoms with Crippen molar-refractivity contribution in [3.8, 4) is 34.5 Å². The van der Waals surface area contributed by atoms with E-state index >= 15 is 0 Å². The maximum atomic E-state index is 14.3. The van der Waals surface area contributed by atoms with Crippen molar-refractivity contribution in [1.82, 2.24) is 0 Å². The Balaban J connectivity index is 1.06. The molecule has 0 radical (unpaired) electrons. The van der Waals surface area contributed by atoms with Crippen LogP contribution in [0, 0.1) is 24.7 Å². The number of benzene rings is 6. The molecule has 348 valence electrons. The van der Waals surface area contributed by atoms with Gasteiger partial charge in [-0.3, -0.25) is 9.59 Å². The van der Waals surface area contributed by atoms with Crippen molar-refractivity contribution < 1.29 is 42.9 Å². The molecule has 9 heteroatoms. The van der Waals surface area contributed by atoms with Crippen LogP contribution in [-0.4, -0.2) is 35.2 Å². The number of ketones is 2. The van der Waals surface area contributed by atoms with Crippen LogP contribution < -0.4 is 23.7 Å². The summed E-state index contributed by atoms with van der Waals surface area (Å²) in [5.74, 6) is 2.36. The second-order valence-electron chi connectivity index (χ2n) is 19.1. The largest absolute Gasteiger partial charge is 0.491 e. The fourth-order valence-corrected chi connectivity index (χ4v) is 7.71. The number of carbonyl (C=O) groups excluding carboxylic acids is 4. The molecule has 2 unspecified atom stereocenters. The number of aryl methyl sites for hydroxylation is 2. The number of carbonyl (C=O) groups is 4. The molecule has 67 heavy (non-hydrogen) atoms. The van der Waals surface area contributed by atoms with Crippen molar-refractivity contribution in [3.63, 3.8) is 0 Å². The van der Waals surface area contributed by atoms with Gasteiger partial charge in [0.25, 0.3) is 0 Å². The van der Waals surface area contributed by atoms with Gasteiger partial charge in [0.05, 0.1) is 22.6 Å². The maximum Gasteiger partial charge on any atom is 0.343 e. The normalized spacial score (nSPS) is 13.0. The first-order valence-corrected chi connectivity index (χ1v) is 22.8. The van der Waals surface area contributed by atoms with Crippen LogP contribution in [0.15, 0.2) is 133 Å². The lowest BCUT2D eigenvalue weighted by Gasteiger charge is -2.43. The van der Waals surface area contributed by atoms with Gasteiger partial charge in [-0.15, -0.1) is 0 Å². The van der Waals surface area contributed by atoms with Gasteiger partial charge in [-0.05, 0) is 162 Å². The van der Waals surface area contributed by atoms with Crippen molar-refractivity contribution in [3.05, 3.63) is 178 Å². The smallest absolute Gasteiger partial charge is 0.343 e. The first-order chi connectivity index (χ1) is 31.6. The Morgan fingerprint density at radius 3 is 1.36 bits per heavy atom. The molecule has 0 heterocycles. The molecule has 0 N–H and O–H groups in total. The standard InChI is InChI=1S/C58H62O9/c1-13-58(12,53(60)41-16-20-42(21-17-41)54(61)65-49-30-28-48(29-31-49)64-47-26-24-46(25-27-47)63-36(2)3)57(10,11)67-51-33-23-45(35-38(51)5)39(6)44-22-32-50(37(4)34-44)66-55(62)43-18-14-40(15-19-43)52(59)56(7,8)9/h14-36,39H,13H2,1-12H3. The number of esters is 2. The average Bonchev–Trinajstić information content (AvgIpc) is 3.30. The Bertz CT molecular complexity index is 2720. The van der Waals surface area contributed by atoms with Gasteiger partial charge in [-0.2, -0.15) is 0 Å². The van der Waals surface area contributed by atoms with Gasteiger partial charge in [-0.25, -0.2) is 9.59 Å². The number of hydrogen-bond donors (Lipinski definition) is 0. The number of Topliss-reactive ketones (excluding diaryl/α,β-unsaturated/α-hetero) is 2. The summed E-state index contributed by atoms with van der Waals surface area (Å²) < 4.78 is 29.8. The van der Waals surface area contributed by atoms with Gasteiger partial charge < -0.3 is 23.7 Å². The summed E-state index contributed by atoms with van der Waals surface area (Å²) in [6, 6.07) is 39.1. The summed E-state index contributed by atoms with van der Waals surface area (Å²) >= 11 is 0. The minimum absolute atomic E-state index is 0.00580. The molecule has 0 saturated carbocycles. The van der Waals surface area contributed by atoms with Crippen molar-refractivity contribution in [1.29, 1.82) is 0 Å². The zero-order valence-corrected chi connectivity index (χ0v) is 40.7. The van der Waals surface area contributed by atoms with Gasteiger partial charge in [0.2, 0.25) is 0 Å². The van der Waals surface area contributed by atoms with Gasteiger partial charge >= 0.3 is 11.9 Å². The highest BCUT2D eigenvalue weighted by molar-refractivity contribution is 6.02. The van der Waals surface area contributed by atoms with E-state index in [0.29, 0.717) is 57.4 Å². The third kappa shape index (κ3) is 11.7. The Morgan fingerprint density at radius 1 is 0.493 bits per heavy atom. The summed E-state index contributed by atoms with van der Waals surface area (Å²) in [5.41, 5.74) is 3.18. The fraction of sp³-hybridized carbons (Fsp3) is 0.310. The van der Waals surface area contributed by atoms with Crippen molar-refractivity contribution in [2.45, 2.75) is 107 Å². The lowest BCUT2D eigenvalue weighted by molar-refractivity contribution is -0.0118. The molecule has 6 aromatic carbocycles. The second-order valence-corrected chi connectivity index (χ2v) is 19.1. The third-order valence-electron chi connectivity index (χ3n) is 12.4. The average molecular weight is 903 g/mol. The minimum Gasteiger partial charge on any atom is -0.491 e. The quantitative estimate of drug-likeness (QED) is 0.0501. The van der Waals surface area contributed by atoms with E-state index in [2.05, 4.69) is 13.0 Å². The van der Waals surface area contributed by atoms with Crippen LogP contribution in [-0.2, 0) is 0 Å². The first kappa shape index (κ1) is 49.4. The van der Waals surface area contributed by atoms with Gasteiger partial charge in [0.1, 0.15) is 40.1 Å². The molecule has 0 aliphatic carbocycles.